The van der Waals surface area contributed by atoms with E-state index in [9.17, 15) is 10.1 Å². The number of likely N-dealkylation sites (N-methyl/N-ethyl adjacent to an activating group) is 1. The van der Waals surface area contributed by atoms with Crippen LogP contribution in [0.5, 0.6) is 0 Å². The average Bonchev–Trinajstić information content (AvgIpc) is 3.20. The Morgan fingerprint density at radius 2 is 1.73 bits per heavy atom. The minimum atomic E-state index is -2.64. The van der Waals surface area contributed by atoms with E-state index < -0.39 is 7.36 Å². The van der Waals surface area contributed by atoms with Crippen molar-refractivity contribution in [3.8, 4) is 0 Å². The van der Waals surface area contributed by atoms with Gasteiger partial charge >= 0.3 is 0 Å². The van der Waals surface area contributed by atoms with Gasteiger partial charge < -0.3 is 4.90 Å². The van der Waals surface area contributed by atoms with Crippen molar-refractivity contribution in [1.29, 1.82) is 0 Å². The van der Waals surface area contributed by atoms with E-state index in [1.807, 2.05) is 18.0 Å². The molecule has 2 aromatic carbocycles. The van der Waals surface area contributed by atoms with Crippen LogP contribution in [0.1, 0.15) is 33.3 Å². The van der Waals surface area contributed by atoms with Gasteiger partial charge in [0.15, 0.2) is 7.36 Å². The minimum absolute atomic E-state index is 0.0102. The van der Waals surface area contributed by atoms with Crippen molar-refractivity contribution in [3.05, 3.63) is 75.2 Å². The highest BCUT2D eigenvalue weighted by molar-refractivity contribution is 7.67. The molecular weight excluding hydrogens is 435 g/mol. The van der Waals surface area contributed by atoms with Crippen LogP contribution < -0.4 is 4.90 Å². The molecule has 0 N–H and O–H groups in total. The molecule has 0 unspecified atom stereocenters. The van der Waals surface area contributed by atoms with Gasteiger partial charge in [0, 0.05) is 50.1 Å². The van der Waals surface area contributed by atoms with E-state index in [4.69, 9.17) is 9.85 Å². The molecule has 0 aromatic heterocycles. The van der Waals surface area contributed by atoms with E-state index in [0.717, 1.165) is 29.8 Å². The van der Waals surface area contributed by atoms with E-state index in [1.54, 1.807) is 18.2 Å². The topological polar surface area (TPSA) is 77.6 Å². The van der Waals surface area contributed by atoms with Crippen LogP contribution in [0, 0.1) is 10.1 Å². The van der Waals surface area contributed by atoms with Crippen LogP contribution in [-0.4, -0.2) is 47.8 Å². The molecule has 33 heavy (non-hydrogen) atoms. The summed E-state index contributed by atoms with van der Waals surface area (Å²) in [6.45, 7) is 10.2. The van der Waals surface area contributed by atoms with Crippen LogP contribution in [0.15, 0.2) is 69.4 Å². The van der Waals surface area contributed by atoms with Crippen molar-refractivity contribution in [3.63, 3.8) is 0 Å². The number of hydrogen-bond donors (Lipinski definition) is 0. The number of nitrogens with zero attached hydrogens (tertiary/aromatic N) is 6. The monoisotopic (exact) mass is 466 g/mol. The Hall–Kier alpha value is -2.96. The lowest BCUT2D eigenvalue weighted by Crippen LogP contribution is -2.30. The van der Waals surface area contributed by atoms with Crippen LogP contribution in [0.25, 0.3) is 0 Å². The van der Waals surface area contributed by atoms with E-state index in [2.05, 4.69) is 68.6 Å². The van der Waals surface area contributed by atoms with Crippen LogP contribution in [0.2, 0.25) is 0 Å². The molecule has 0 saturated carbocycles. The van der Waals surface area contributed by atoms with Gasteiger partial charge in [-0.2, -0.15) is 5.10 Å². The van der Waals surface area contributed by atoms with Crippen molar-refractivity contribution < 1.29 is 4.92 Å². The van der Waals surface area contributed by atoms with E-state index in [1.165, 1.54) is 11.6 Å². The van der Waals surface area contributed by atoms with E-state index >= 15 is 0 Å². The summed E-state index contributed by atoms with van der Waals surface area (Å²) < 4.78 is 9.48. The number of hydrogen-bond acceptors (Lipinski definition) is 5. The Kier molecular flexibility index (Phi) is 5.93. The fourth-order valence-electron chi connectivity index (χ4n) is 5.09. The second kappa shape index (κ2) is 8.43. The predicted molar refractivity (Wildman–Crippen MR) is 136 cm³/mol. The number of para-hydroxylation sites is 2. The van der Waals surface area contributed by atoms with Crippen molar-refractivity contribution in [2.24, 2.45) is 9.85 Å². The zero-order valence-corrected chi connectivity index (χ0v) is 21.0. The number of allylic oxidation sites excluding steroid dienone is 2. The molecule has 0 radical (unpaired) electrons. The molecule has 2 heterocycles. The zero-order valence-electron chi connectivity index (χ0n) is 20.1. The summed E-state index contributed by atoms with van der Waals surface area (Å²) in [5, 5.41) is 17.6. The molecule has 4 rings (SSSR count). The van der Waals surface area contributed by atoms with Gasteiger partial charge in [0.05, 0.1) is 16.5 Å². The molecule has 8 nitrogen and oxygen atoms in total. The Balaban J connectivity index is 2.10. The maximum atomic E-state index is 11.8. The van der Waals surface area contributed by atoms with Crippen LogP contribution >= 0.6 is 7.36 Å². The second-order valence-electron chi connectivity index (χ2n) is 8.72. The summed E-state index contributed by atoms with van der Waals surface area (Å²) in [5.74, 6) is 0. The third kappa shape index (κ3) is 3.40. The average molecular weight is 467 g/mol. The Morgan fingerprint density at radius 1 is 1.09 bits per heavy atom. The van der Waals surface area contributed by atoms with Gasteiger partial charge in [0.1, 0.15) is 5.69 Å². The van der Waals surface area contributed by atoms with Gasteiger partial charge in [-0.1, -0.05) is 58.0 Å². The highest BCUT2D eigenvalue weighted by Crippen LogP contribution is 2.69. The lowest BCUT2D eigenvalue weighted by molar-refractivity contribution is -0.384. The quantitative estimate of drug-likeness (QED) is 0.299. The lowest BCUT2D eigenvalue weighted by Gasteiger charge is -2.39. The molecule has 0 spiro atoms. The number of nitro benzene ring substituents is 1. The van der Waals surface area contributed by atoms with Gasteiger partial charge in [0.25, 0.3) is 5.69 Å². The molecule has 2 aliphatic heterocycles. The fourth-order valence-corrected chi connectivity index (χ4v) is 8.81. The molecule has 0 amide bonds. The first-order valence-corrected chi connectivity index (χ1v) is 12.8. The molecule has 0 saturated heterocycles. The summed E-state index contributed by atoms with van der Waals surface area (Å²) >= 11 is 0. The maximum absolute atomic E-state index is 11.8. The van der Waals surface area contributed by atoms with Gasteiger partial charge in [-0.3, -0.25) is 10.1 Å². The third-order valence-corrected chi connectivity index (χ3v) is 10.4. The molecule has 1 atom stereocenters. The third-order valence-electron chi connectivity index (χ3n) is 6.63. The van der Waals surface area contributed by atoms with Crippen LogP contribution in [0.3, 0.4) is 0 Å². The summed E-state index contributed by atoms with van der Waals surface area (Å²) in [5.41, 5.74) is 3.68. The molecule has 9 heteroatoms. The van der Waals surface area contributed by atoms with Gasteiger partial charge in [-0.25, -0.2) is 14.2 Å². The molecule has 2 aliphatic rings. The standard InChI is InChI=1S/C24H31N6O2P/c1-7-29(8-2)33(26-19-14-10-12-16-21(19)30(31)32)22(17-25-28(33)6)23-24(3,4)18-13-9-11-15-20(18)27(23)5/h9-17H,7-8H2,1-6H3/b23-22-/t33-/m1/s1. The molecule has 174 valence electrons. The normalized spacial score (nSPS) is 23.4. The zero-order chi connectivity index (χ0) is 24.0. The molecule has 0 fully saturated rings. The highest BCUT2D eigenvalue weighted by Gasteiger charge is 2.48. The largest absolute Gasteiger partial charge is 0.346 e. The predicted octanol–water partition coefficient (Wildman–Crippen LogP) is 6.17. The van der Waals surface area contributed by atoms with E-state index in [-0.39, 0.29) is 16.0 Å². The number of rotatable bonds is 5. The fraction of sp³-hybridized carbons (Fsp3) is 0.375. The Morgan fingerprint density at radius 3 is 2.36 bits per heavy atom. The molecule has 0 bridgehead atoms. The van der Waals surface area contributed by atoms with Gasteiger partial charge in [-0.15, -0.1) is 0 Å². The number of nitro groups is 1. The van der Waals surface area contributed by atoms with Crippen molar-refractivity contribution in [2.75, 3.05) is 32.1 Å². The minimum Gasteiger partial charge on any atom is -0.346 e. The van der Waals surface area contributed by atoms with Crippen LogP contribution in [0.4, 0.5) is 17.1 Å². The number of anilines is 1. The van der Waals surface area contributed by atoms with Crippen molar-refractivity contribution in [2.45, 2.75) is 33.1 Å². The first kappa shape index (κ1) is 23.2. The van der Waals surface area contributed by atoms with E-state index in [0.29, 0.717) is 5.69 Å². The first-order chi connectivity index (χ1) is 15.7. The summed E-state index contributed by atoms with van der Waals surface area (Å²) in [6, 6.07) is 15.2. The number of fused-ring (bicyclic) bond motifs is 1. The Labute approximate surface area is 195 Å². The van der Waals surface area contributed by atoms with Gasteiger partial charge in [-0.05, 0) is 17.7 Å². The Bertz CT molecular complexity index is 1210. The summed E-state index contributed by atoms with van der Waals surface area (Å²) in [6.07, 6.45) is 1.92. The molecular formula is C24H31N6O2P. The maximum Gasteiger partial charge on any atom is 0.294 e. The number of benzene rings is 2. The molecule has 2 aromatic rings. The van der Waals surface area contributed by atoms with Crippen LogP contribution in [-0.2, 0) is 5.41 Å². The number of hydrazone groups is 1. The summed E-state index contributed by atoms with van der Waals surface area (Å²) in [7, 11) is 1.38. The SMILES string of the molecule is CCN(CC)[P@@]1(=Nc2ccccc2[N+](=O)[O-])/C(=C2\N(C)c3ccccc3C2(C)C)C=NN1C. The lowest BCUT2D eigenvalue weighted by atomic mass is 9.84. The first-order valence-electron chi connectivity index (χ1n) is 11.2. The summed E-state index contributed by atoms with van der Waals surface area (Å²) in [4.78, 5) is 13.7. The van der Waals surface area contributed by atoms with Crippen molar-refractivity contribution >= 4 is 30.6 Å². The smallest absolute Gasteiger partial charge is 0.294 e. The van der Waals surface area contributed by atoms with Crippen molar-refractivity contribution in [1.82, 2.24) is 9.45 Å². The van der Waals surface area contributed by atoms with Gasteiger partial charge in [0.2, 0.25) is 0 Å². The highest BCUT2D eigenvalue weighted by atomic mass is 31.2. The molecule has 0 aliphatic carbocycles. The second-order valence-corrected chi connectivity index (χ2v) is 11.7.